The lowest BCUT2D eigenvalue weighted by Crippen LogP contribution is -2.42. The van der Waals surface area contributed by atoms with Gasteiger partial charge in [-0.3, -0.25) is 9.59 Å². The normalized spacial score (nSPS) is 11.9. The van der Waals surface area contributed by atoms with Crippen molar-refractivity contribution in [1.29, 1.82) is 0 Å². The van der Waals surface area contributed by atoms with Crippen molar-refractivity contribution in [2.24, 2.45) is 10.7 Å². The maximum Gasteiger partial charge on any atom is 0.500 e. The summed E-state index contributed by atoms with van der Waals surface area (Å²) in [5, 5.41) is 0. The predicted molar refractivity (Wildman–Crippen MR) is 58.9 cm³/mol. The minimum Gasteiger partial charge on any atom is -0.377 e. The number of carbonyl (C=O) groups is 2. The molecule has 0 unspecified atom stereocenters. The average molecular weight is 248 g/mol. The van der Waals surface area contributed by atoms with E-state index in [-0.39, 0.29) is 0 Å². The van der Waals surface area contributed by atoms with Crippen molar-refractivity contribution in [2.45, 2.75) is 12.5 Å². The van der Waals surface area contributed by atoms with Gasteiger partial charge in [0.1, 0.15) is 0 Å². The fourth-order valence-electron chi connectivity index (χ4n) is 1.01. The molecule has 2 amide bonds. The van der Waals surface area contributed by atoms with Crippen molar-refractivity contribution in [3.8, 4) is 0 Å². The van der Waals surface area contributed by atoms with E-state index < -0.39 is 20.6 Å². The highest BCUT2D eigenvalue weighted by atomic mass is 28.4. The van der Waals surface area contributed by atoms with E-state index in [1.54, 1.807) is 0 Å². The summed E-state index contributed by atoms with van der Waals surface area (Å²) in [6.07, 6.45) is 1.70. The number of hydrogen-bond donors (Lipinski definition) is 1. The monoisotopic (exact) mass is 248 g/mol. The van der Waals surface area contributed by atoms with Crippen LogP contribution in [0.4, 0.5) is 0 Å². The molecule has 0 aromatic heterocycles. The Bertz CT molecular complexity index is 269. The Labute approximate surface area is 94.9 Å². The van der Waals surface area contributed by atoms with Gasteiger partial charge in [-0.25, -0.2) is 4.99 Å². The zero-order chi connectivity index (χ0) is 12.6. The molecule has 0 saturated carbocycles. The average Bonchev–Trinajstić information content (AvgIpc) is 2.30. The third-order valence-corrected chi connectivity index (χ3v) is 4.70. The van der Waals surface area contributed by atoms with Gasteiger partial charge in [0.15, 0.2) is 0 Å². The summed E-state index contributed by atoms with van der Waals surface area (Å²) in [5.74, 6) is -2.05. The third-order valence-electron chi connectivity index (χ3n) is 1.93. The molecule has 0 aliphatic carbocycles. The number of aliphatic imine (C=N–C) groups is 1. The van der Waals surface area contributed by atoms with Crippen LogP contribution in [0, 0.1) is 0 Å². The van der Waals surface area contributed by atoms with Gasteiger partial charge in [0.05, 0.1) is 0 Å². The Morgan fingerprint density at radius 2 is 1.75 bits per heavy atom. The molecule has 92 valence electrons. The van der Waals surface area contributed by atoms with Crippen molar-refractivity contribution in [2.75, 3.05) is 21.3 Å². The number of rotatable bonds is 6. The molecule has 2 N–H and O–H groups in total. The first-order valence-electron chi connectivity index (χ1n) is 4.53. The summed E-state index contributed by atoms with van der Waals surface area (Å²) in [5.41, 5.74) is 4.71. The van der Waals surface area contributed by atoms with E-state index in [4.69, 9.17) is 19.0 Å². The molecule has 0 fully saturated rings. The lowest BCUT2D eigenvalue weighted by Gasteiger charge is -2.23. The van der Waals surface area contributed by atoms with Gasteiger partial charge < -0.3 is 19.0 Å². The molecule has 0 atom stereocenters. The molecule has 0 aliphatic rings. The maximum absolute atomic E-state index is 10.7. The smallest absolute Gasteiger partial charge is 0.377 e. The van der Waals surface area contributed by atoms with Crippen LogP contribution >= 0.6 is 0 Å². The summed E-state index contributed by atoms with van der Waals surface area (Å²) in [4.78, 5) is 24.4. The zero-order valence-electron chi connectivity index (χ0n) is 9.56. The van der Waals surface area contributed by atoms with Crippen LogP contribution in [0.15, 0.2) is 4.99 Å². The van der Waals surface area contributed by atoms with Gasteiger partial charge in [0.25, 0.3) is 0 Å². The number of carbonyl (C=O) groups excluding carboxylic acids is 2. The Hall–Kier alpha value is -1.09. The van der Waals surface area contributed by atoms with Crippen LogP contribution in [-0.4, -0.2) is 48.2 Å². The van der Waals surface area contributed by atoms with Gasteiger partial charge in [-0.1, -0.05) is 0 Å². The van der Waals surface area contributed by atoms with Crippen LogP contribution in [0.25, 0.3) is 0 Å². The van der Waals surface area contributed by atoms with Crippen molar-refractivity contribution in [3.05, 3.63) is 0 Å². The van der Waals surface area contributed by atoms with Gasteiger partial charge in [0.2, 0.25) is 0 Å². The van der Waals surface area contributed by atoms with Gasteiger partial charge in [-0.05, 0) is 6.42 Å². The van der Waals surface area contributed by atoms with Crippen LogP contribution in [0.2, 0.25) is 6.04 Å². The Morgan fingerprint density at radius 1 is 1.25 bits per heavy atom. The molecule has 8 heteroatoms. The molecule has 16 heavy (non-hydrogen) atoms. The second-order valence-corrected chi connectivity index (χ2v) is 5.91. The number of primary amides is 1. The summed E-state index contributed by atoms with van der Waals surface area (Å²) in [6.45, 7) is 0. The van der Waals surface area contributed by atoms with Crippen molar-refractivity contribution in [3.63, 3.8) is 0 Å². The molecule has 0 spiro atoms. The number of hydrogen-bond acceptors (Lipinski definition) is 5. The highest BCUT2D eigenvalue weighted by molar-refractivity contribution is 6.60. The molecular formula is C8H16N2O5Si. The molecule has 0 saturated heterocycles. The second kappa shape index (κ2) is 7.22. The predicted octanol–water partition coefficient (Wildman–Crippen LogP) is -0.663. The van der Waals surface area contributed by atoms with Crippen LogP contribution in [-0.2, 0) is 22.9 Å². The zero-order valence-corrected chi connectivity index (χ0v) is 10.6. The standard InChI is InChI=1S/C8H16N2O5Si/c1-13-16(14-2,15-3)6-4-5-10-8(12)7(9)11/h5H,4,6H2,1-3H3,(H2,9,11). The minimum absolute atomic E-state index is 0.404. The largest absolute Gasteiger partial charge is 0.500 e. The van der Waals surface area contributed by atoms with E-state index >= 15 is 0 Å². The molecule has 0 aromatic carbocycles. The summed E-state index contributed by atoms with van der Waals surface area (Å²) >= 11 is 0. The second-order valence-electron chi connectivity index (χ2n) is 2.82. The number of nitrogens with zero attached hydrogens (tertiary/aromatic N) is 1. The van der Waals surface area contributed by atoms with E-state index in [1.165, 1.54) is 27.5 Å². The fourth-order valence-corrected chi connectivity index (χ4v) is 2.60. The molecular weight excluding hydrogens is 232 g/mol. The van der Waals surface area contributed by atoms with Crippen molar-refractivity contribution in [1.82, 2.24) is 0 Å². The third kappa shape index (κ3) is 4.62. The number of amides is 2. The van der Waals surface area contributed by atoms with Crippen LogP contribution < -0.4 is 5.73 Å². The quantitative estimate of drug-likeness (QED) is 0.382. The number of nitrogens with two attached hydrogens (primary N) is 1. The van der Waals surface area contributed by atoms with E-state index in [2.05, 4.69) is 4.99 Å². The Morgan fingerprint density at radius 3 is 2.12 bits per heavy atom. The molecule has 7 nitrogen and oxygen atoms in total. The van der Waals surface area contributed by atoms with E-state index in [1.807, 2.05) is 0 Å². The first kappa shape index (κ1) is 14.9. The summed E-state index contributed by atoms with van der Waals surface area (Å²) < 4.78 is 15.4. The first-order chi connectivity index (χ1) is 7.51. The van der Waals surface area contributed by atoms with Gasteiger partial charge in [-0.15, -0.1) is 0 Å². The van der Waals surface area contributed by atoms with Gasteiger partial charge in [0, 0.05) is 33.6 Å². The minimum atomic E-state index is -2.64. The Balaban J connectivity index is 4.14. The van der Waals surface area contributed by atoms with Crippen molar-refractivity contribution < 1.29 is 22.9 Å². The molecule has 0 rings (SSSR count). The van der Waals surface area contributed by atoms with E-state index in [0.717, 1.165) is 0 Å². The molecule has 0 radical (unpaired) electrons. The van der Waals surface area contributed by atoms with Crippen molar-refractivity contribution >= 4 is 26.8 Å². The molecule has 0 bridgehead atoms. The van der Waals surface area contributed by atoms with Gasteiger partial charge in [-0.2, -0.15) is 0 Å². The topological polar surface area (TPSA) is 100 Å². The van der Waals surface area contributed by atoms with E-state index in [9.17, 15) is 9.59 Å². The van der Waals surface area contributed by atoms with Crippen LogP contribution in [0.5, 0.6) is 0 Å². The highest BCUT2D eigenvalue weighted by Crippen LogP contribution is 2.13. The Kier molecular flexibility index (Phi) is 6.73. The fraction of sp³-hybridized carbons (Fsp3) is 0.625. The van der Waals surface area contributed by atoms with Crippen LogP contribution in [0.1, 0.15) is 6.42 Å². The highest BCUT2D eigenvalue weighted by Gasteiger charge is 2.36. The summed E-state index contributed by atoms with van der Waals surface area (Å²) in [7, 11) is 1.84. The molecule has 0 heterocycles. The van der Waals surface area contributed by atoms with E-state index in [0.29, 0.717) is 12.5 Å². The lowest BCUT2D eigenvalue weighted by molar-refractivity contribution is -0.135. The molecule has 0 aromatic rings. The first-order valence-corrected chi connectivity index (χ1v) is 6.46. The van der Waals surface area contributed by atoms with Gasteiger partial charge >= 0.3 is 20.6 Å². The summed E-state index contributed by atoms with van der Waals surface area (Å²) in [6, 6.07) is 0.464. The van der Waals surface area contributed by atoms with Crippen LogP contribution in [0.3, 0.4) is 0 Å². The SMILES string of the molecule is CO[Si](CCC=NC(=O)C(N)=O)(OC)OC. The molecule has 0 aliphatic heterocycles. The maximum atomic E-state index is 10.7. The lowest BCUT2D eigenvalue weighted by atomic mass is 10.5.